The molecule has 2 nitrogen and oxygen atoms in total. The Morgan fingerprint density at radius 1 is 1.30 bits per heavy atom. The van der Waals surface area contributed by atoms with Gasteiger partial charge in [-0.2, -0.15) is 0 Å². The summed E-state index contributed by atoms with van der Waals surface area (Å²) in [5.41, 5.74) is 0.908. The van der Waals surface area contributed by atoms with Gasteiger partial charge in [0, 0.05) is 12.6 Å². The number of halogens is 4. The number of hydrogen-bond acceptors (Lipinski definition) is 2. The van der Waals surface area contributed by atoms with E-state index in [-0.39, 0.29) is 5.75 Å². The molecule has 114 valence electrons. The molecule has 0 aliphatic carbocycles. The summed E-state index contributed by atoms with van der Waals surface area (Å²) in [6.07, 6.45) is -3.67. The fraction of sp³-hybridized carbons (Fsp3) is 0.571. The molecule has 0 saturated heterocycles. The van der Waals surface area contributed by atoms with Crippen molar-refractivity contribution >= 4 is 15.9 Å². The van der Waals surface area contributed by atoms with Gasteiger partial charge in [-0.15, -0.1) is 13.2 Å². The predicted octanol–water partition coefficient (Wildman–Crippen LogP) is 4.87. The molecule has 1 aromatic carbocycles. The lowest BCUT2D eigenvalue weighted by Crippen LogP contribution is -2.32. The van der Waals surface area contributed by atoms with Crippen molar-refractivity contribution in [2.45, 2.75) is 46.1 Å². The summed E-state index contributed by atoms with van der Waals surface area (Å²) in [5.74, 6) is 0.286. The smallest absolute Gasteiger partial charge is 0.405 e. The van der Waals surface area contributed by atoms with Crippen LogP contribution in [0.2, 0.25) is 0 Å². The van der Waals surface area contributed by atoms with Crippen LogP contribution in [0.3, 0.4) is 0 Å². The highest BCUT2D eigenvalue weighted by Gasteiger charge is 2.31. The van der Waals surface area contributed by atoms with Gasteiger partial charge in [0.2, 0.25) is 0 Å². The average molecular weight is 354 g/mol. The third kappa shape index (κ3) is 5.71. The zero-order valence-electron chi connectivity index (χ0n) is 11.7. The lowest BCUT2D eigenvalue weighted by atomic mass is 10.0. The highest BCUT2D eigenvalue weighted by Crippen LogP contribution is 2.31. The molecule has 0 radical (unpaired) electrons. The topological polar surface area (TPSA) is 21.3 Å². The lowest BCUT2D eigenvalue weighted by Gasteiger charge is -2.21. The second kappa shape index (κ2) is 7.31. The van der Waals surface area contributed by atoms with E-state index in [0.29, 0.717) is 23.0 Å². The number of ether oxygens (including phenoxy) is 1. The van der Waals surface area contributed by atoms with Gasteiger partial charge in [-0.1, -0.05) is 26.8 Å². The summed E-state index contributed by atoms with van der Waals surface area (Å²) in [5, 5.41) is 3.40. The van der Waals surface area contributed by atoms with Crippen LogP contribution in [0.4, 0.5) is 13.2 Å². The van der Waals surface area contributed by atoms with Crippen LogP contribution in [0, 0.1) is 5.92 Å². The third-order valence-electron chi connectivity index (χ3n) is 3.03. The van der Waals surface area contributed by atoms with Crippen molar-refractivity contribution in [1.29, 1.82) is 0 Å². The molecular formula is C14H19BrF3NO. The average Bonchev–Trinajstić information content (AvgIpc) is 2.31. The predicted molar refractivity (Wildman–Crippen MR) is 76.6 cm³/mol. The fourth-order valence-corrected chi connectivity index (χ4v) is 2.47. The summed E-state index contributed by atoms with van der Waals surface area (Å²) < 4.78 is 40.7. The van der Waals surface area contributed by atoms with Crippen LogP contribution >= 0.6 is 15.9 Å². The zero-order valence-corrected chi connectivity index (χ0v) is 13.3. The van der Waals surface area contributed by atoms with E-state index in [1.807, 2.05) is 0 Å². The first-order valence-corrected chi connectivity index (χ1v) is 7.29. The Bertz CT molecular complexity index is 435. The standard InChI is InChI=1S/C14H19BrF3NO/c1-4-12(9(2)3)19-8-10-5-6-13(11(15)7-10)20-14(16,17)18/h5-7,9,12,19H,4,8H2,1-3H3. The van der Waals surface area contributed by atoms with Crippen molar-refractivity contribution in [2.24, 2.45) is 5.92 Å². The highest BCUT2D eigenvalue weighted by atomic mass is 79.9. The number of nitrogens with one attached hydrogen (secondary N) is 1. The van der Waals surface area contributed by atoms with Gasteiger partial charge in [0.1, 0.15) is 5.75 Å². The first kappa shape index (κ1) is 17.3. The van der Waals surface area contributed by atoms with Crippen LogP contribution < -0.4 is 10.1 Å². The largest absolute Gasteiger partial charge is 0.573 e. The molecule has 0 aliphatic heterocycles. The van der Waals surface area contributed by atoms with E-state index in [0.717, 1.165) is 12.0 Å². The van der Waals surface area contributed by atoms with Crippen LogP contribution in [-0.4, -0.2) is 12.4 Å². The van der Waals surface area contributed by atoms with Crippen molar-refractivity contribution in [3.05, 3.63) is 28.2 Å². The maximum Gasteiger partial charge on any atom is 0.573 e. The summed E-state index contributed by atoms with van der Waals surface area (Å²) in [7, 11) is 0. The molecule has 1 N–H and O–H groups in total. The van der Waals surface area contributed by atoms with Crippen LogP contribution in [0.5, 0.6) is 5.75 Å². The van der Waals surface area contributed by atoms with Gasteiger partial charge in [-0.25, -0.2) is 0 Å². The van der Waals surface area contributed by atoms with Crippen LogP contribution in [0.1, 0.15) is 32.8 Å². The van der Waals surface area contributed by atoms with E-state index in [9.17, 15) is 13.2 Å². The number of benzene rings is 1. The maximum absolute atomic E-state index is 12.2. The molecule has 0 spiro atoms. The highest BCUT2D eigenvalue weighted by molar-refractivity contribution is 9.10. The van der Waals surface area contributed by atoms with Gasteiger partial charge >= 0.3 is 6.36 Å². The monoisotopic (exact) mass is 353 g/mol. The Labute approximate surface area is 125 Å². The molecule has 0 aromatic heterocycles. The Balaban J connectivity index is 2.68. The Kier molecular flexibility index (Phi) is 6.33. The molecular weight excluding hydrogens is 335 g/mol. The second-order valence-corrected chi connectivity index (χ2v) is 5.81. The molecule has 0 fully saturated rings. The molecule has 0 bridgehead atoms. The number of alkyl halides is 3. The lowest BCUT2D eigenvalue weighted by molar-refractivity contribution is -0.274. The number of hydrogen-bond donors (Lipinski definition) is 1. The van der Waals surface area contributed by atoms with E-state index in [2.05, 4.69) is 46.8 Å². The Morgan fingerprint density at radius 3 is 2.40 bits per heavy atom. The second-order valence-electron chi connectivity index (χ2n) is 4.95. The summed E-state index contributed by atoms with van der Waals surface area (Å²) in [4.78, 5) is 0. The van der Waals surface area contributed by atoms with Crippen molar-refractivity contribution in [1.82, 2.24) is 5.32 Å². The van der Waals surface area contributed by atoms with Gasteiger partial charge < -0.3 is 10.1 Å². The molecule has 20 heavy (non-hydrogen) atoms. The van der Waals surface area contributed by atoms with Gasteiger partial charge in [-0.05, 0) is 46.0 Å². The van der Waals surface area contributed by atoms with Gasteiger partial charge in [0.05, 0.1) is 4.47 Å². The molecule has 1 rings (SSSR count). The minimum absolute atomic E-state index is 0.225. The molecule has 0 aliphatic rings. The van der Waals surface area contributed by atoms with Crippen molar-refractivity contribution in [3.8, 4) is 5.75 Å². The first-order valence-electron chi connectivity index (χ1n) is 6.50. The third-order valence-corrected chi connectivity index (χ3v) is 3.65. The Morgan fingerprint density at radius 2 is 1.95 bits per heavy atom. The van der Waals surface area contributed by atoms with E-state index < -0.39 is 6.36 Å². The van der Waals surface area contributed by atoms with Crippen molar-refractivity contribution < 1.29 is 17.9 Å². The molecule has 1 atom stereocenters. The SMILES string of the molecule is CCC(NCc1ccc(OC(F)(F)F)c(Br)c1)C(C)C. The van der Waals surface area contributed by atoms with Gasteiger partial charge in [0.25, 0.3) is 0 Å². The van der Waals surface area contributed by atoms with E-state index in [1.165, 1.54) is 6.07 Å². The van der Waals surface area contributed by atoms with Crippen LogP contribution in [0.25, 0.3) is 0 Å². The van der Waals surface area contributed by atoms with E-state index in [1.54, 1.807) is 12.1 Å². The molecule has 1 aromatic rings. The summed E-state index contributed by atoms with van der Waals surface area (Å²) in [6, 6.07) is 4.98. The Hall–Kier alpha value is -0.750. The molecule has 0 heterocycles. The molecule has 0 saturated carbocycles. The quantitative estimate of drug-likeness (QED) is 0.787. The van der Waals surface area contributed by atoms with Crippen LogP contribution in [-0.2, 0) is 6.54 Å². The minimum Gasteiger partial charge on any atom is -0.405 e. The molecule has 0 amide bonds. The van der Waals surface area contributed by atoms with Crippen LogP contribution in [0.15, 0.2) is 22.7 Å². The first-order chi connectivity index (χ1) is 9.23. The fourth-order valence-electron chi connectivity index (χ4n) is 1.96. The molecule has 1 unspecified atom stereocenters. The van der Waals surface area contributed by atoms with E-state index >= 15 is 0 Å². The molecule has 6 heteroatoms. The summed E-state index contributed by atoms with van der Waals surface area (Å²) in [6.45, 7) is 6.99. The minimum atomic E-state index is -4.67. The van der Waals surface area contributed by atoms with Crippen molar-refractivity contribution in [3.63, 3.8) is 0 Å². The summed E-state index contributed by atoms with van der Waals surface area (Å²) >= 11 is 3.10. The van der Waals surface area contributed by atoms with Gasteiger partial charge in [-0.3, -0.25) is 0 Å². The van der Waals surface area contributed by atoms with Crippen molar-refractivity contribution in [2.75, 3.05) is 0 Å². The normalized spacial score (nSPS) is 13.6. The maximum atomic E-state index is 12.2. The number of rotatable bonds is 6. The van der Waals surface area contributed by atoms with E-state index in [4.69, 9.17) is 0 Å². The zero-order chi connectivity index (χ0) is 15.3. The van der Waals surface area contributed by atoms with Gasteiger partial charge in [0.15, 0.2) is 0 Å².